The lowest BCUT2D eigenvalue weighted by atomic mass is 10.0. The van der Waals surface area contributed by atoms with Gasteiger partial charge in [-0.3, -0.25) is 5.43 Å². The summed E-state index contributed by atoms with van der Waals surface area (Å²) in [7, 11) is 0. The number of thiocarbonyl (C=S) groups is 1. The van der Waals surface area contributed by atoms with Crippen molar-refractivity contribution in [3.05, 3.63) is 70.9 Å². The van der Waals surface area contributed by atoms with Crippen LogP contribution in [0.2, 0.25) is 0 Å². The van der Waals surface area contributed by atoms with Crippen LogP contribution in [0.1, 0.15) is 22.4 Å². The molecule has 3 aromatic rings. The van der Waals surface area contributed by atoms with Crippen LogP contribution in [0.15, 0.2) is 53.6 Å². The molecule has 108 valence electrons. The largest absolute Gasteiger partial charge is 0.353 e. The van der Waals surface area contributed by atoms with E-state index in [1.54, 1.807) is 0 Å². The maximum atomic E-state index is 5.39. The third-order valence-electron chi connectivity index (χ3n) is 4.01. The Bertz CT molecular complexity index is 904. The van der Waals surface area contributed by atoms with E-state index in [1.807, 2.05) is 6.07 Å². The third kappa shape index (κ3) is 2.12. The number of nitrogens with zero attached hydrogens (tertiary/aromatic N) is 1. The molecule has 0 unspecified atom stereocenters. The number of para-hydroxylation sites is 1. The molecule has 1 aliphatic heterocycles. The first kappa shape index (κ1) is 13.2. The fourth-order valence-corrected chi connectivity index (χ4v) is 3.07. The number of aromatic nitrogens is 1. The van der Waals surface area contributed by atoms with E-state index >= 15 is 0 Å². The van der Waals surface area contributed by atoms with Crippen molar-refractivity contribution in [2.24, 2.45) is 5.10 Å². The normalized spacial score (nSPS) is 14.2. The molecule has 1 aliphatic rings. The van der Waals surface area contributed by atoms with Crippen LogP contribution in [0.4, 0.5) is 0 Å². The third-order valence-corrected chi connectivity index (χ3v) is 4.24. The van der Waals surface area contributed by atoms with Gasteiger partial charge in [0.1, 0.15) is 10.7 Å². The Hall–Kier alpha value is -2.46. The molecule has 0 fully saturated rings. The van der Waals surface area contributed by atoms with E-state index in [1.165, 1.54) is 16.5 Å². The first-order valence-electron chi connectivity index (χ1n) is 7.26. The first-order chi connectivity index (χ1) is 10.7. The Labute approximate surface area is 134 Å². The van der Waals surface area contributed by atoms with Crippen LogP contribution in [0, 0.1) is 6.92 Å². The highest BCUT2D eigenvalue weighted by Gasteiger charge is 2.21. The number of nitrogens with one attached hydrogen (secondary N) is 2. The maximum Gasteiger partial charge on any atom is 0.114 e. The van der Waals surface area contributed by atoms with Gasteiger partial charge in [-0.1, -0.05) is 60.2 Å². The van der Waals surface area contributed by atoms with Crippen molar-refractivity contribution in [1.29, 1.82) is 0 Å². The highest BCUT2D eigenvalue weighted by molar-refractivity contribution is 7.80. The number of H-pyrrole nitrogens is 1. The van der Waals surface area contributed by atoms with Crippen LogP contribution in [0.3, 0.4) is 0 Å². The average Bonchev–Trinajstić information content (AvgIpc) is 2.79. The second-order valence-electron chi connectivity index (χ2n) is 5.56. The zero-order valence-electron chi connectivity index (χ0n) is 12.2. The van der Waals surface area contributed by atoms with Crippen LogP contribution in [0.25, 0.3) is 10.9 Å². The second-order valence-corrected chi connectivity index (χ2v) is 6.06. The highest BCUT2D eigenvalue weighted by atomic mass is 32.1. The molecule has 2 N–H and O–H groups in total. The summed E-state index contributed by atoms with van der Waals surface area (Å²) in [6.07, 6.45) is 0.702. The summed E-state index contributed by atoms with van der Waals surface area (Å²) < 4.78 is 0. The molecule has 0 saturated heterocycles. The van der Waals surface area contributed by atoms with Gasteiger partial charge in [0, 0.05) is 22.9 Å². The summed E-state index contributed by atoms with van der Waals surface area (Å²) in [6.45, 7) is 2.08. The standard InChI is InChI=1S/C18H15N3S/c1-11-6-8-12(9-7-11)17-18-14(10-16(22)20-21-17)13-4-2-3-5-15(13)19-18/h2-9,19H,10H2,1H3,(H,20,22). The first-order valence-corrected chi connectivity index (χ1v) is 7.67. The minimum Gasteiger partial charge on any atom is -0.353 e. The second kappa shape index (κ2) is 5.07. The maximum absolute atomic E-state index is 5.39. The number of rotatable bonds is 1. The summed E-state index contributed by atoms with van der Waals surface area (Å²) in [6, 6.07) is 16.7. The van der Waals surface area contributed by atoms with Crippen molar-refractivity contribution in [2.75, 3.05) is 0 Å². The quantitative estimate of drug-likeness (QED) is 0.673. The lowest BCUT2D eigenvalue weighted by Gasteiger charge is -2.05. The van der Waals surface area contributed by atoms with Crippen molar-refractivity contribution in [2.45, 2.75) is 13.3 Å². The molecule has 2 heterocycles. The van der Waals surface area contributed by atoms with E-state index in [0.717, 1.165) is 27.5 Å². The number of hydrogen-bond donors (Lipinski definition) is 2. The van der Waals surface area contributed by atoms with E-state index in [0.29, 0.717) is 6.42 Å². The van der Waals surface area contributed by atoms with Gasteiger partial charge in [0.05, 0.1) is 5.69 Å². The van der Waals surface area contributed by atoms with Crippen LogP contribution in [0.5, 0.6) is 0 Å². The topological polar surface area (TPSA) is 40.2 Å². The summed E-state index contributed by atoms with van der Waals surface area (Å²) in [5, 5.41) is 5.75. The monoisotopic (exact) mass is 305 g/mol. The van der Waals surface area contributed by atoms with E-state index in [2.05, 4.69) is 64.9 Å². The Morgan fingerprint density at radius 3 is 2.64 bits per heavy atom. The predicted octanol–water partition coefficient (Wildman–Crippen LogP) is 3.70. The predicted molar refractivity (Wildman–Crippen MR) is 94.6 cm³/mol. The van der Waals surface area contributed by atoms with Gasteiger partial charge in [0.15, 0.2) is 0 Å². The zero-order valence-corrected chi connectivity index (χ0v) is 13.0. The molecule has 22 heavy (non-hydrogen) atoms. The van der Waals surface area contributed by atoms with Gasteiger partial charge in [0.2, 0.25) is 0 Å². The molecule has 0 spiro atoms. The van der Waals surface area contributed by atoms with E-state index in [4.69, 9.17) is 12.2 Å². The Kier molecular flexibility index (Phi) is 3.05. The minimum atomic E-state index is 0.702. The molecule has 0 atom stereocenters. The lowest BCUT2D eigenvalue weighted by Crippen LogP contribution is -2.16. The SMILES string of the molecule is Cc1ccc(C2=NNC(=S)Cc3c2[nH]c2ccccc32)cc1. The van der Waals surface area contributed by atoms with Gasteiger partial charge in [-0.05, 0) is 18.6 Å². The van der Waals surface area contributed by atoms with E-state index in [9.17, 15) is 0 Å². The Morgan fingerprint density at radius 1 is 1.05 bits per heavy atom. The molecule has 0 amide bonds. The molecule has 0 aliphatic carbocycles. The van der Waals surface area contributed by atoms with Crippen molar-refractivity contribution in [3.63, 3.8) is 0 Å². The molecule has 0 radical (unpaired) electrons. The molecule has 2 aromatic carbocycles. The smallest absolute Gasteiger partial charge is 0.114 e. The highest BCUT2D eigenvalue weighted by Crippen LogP contribution is 2.27. The molecule has 0 bridgehead atoms. The number of aromatic amines is 1. The van der Waals surface area contributed by atoms with Crippen molar-refractivity contribution < 1.29 is 0 Å². The van der Waals surface area contributed by atoms with Gasteiger partial charge in [-0.25, -0.2) is 0 Å². The van der Waals surface area contributed by atoms with Crippen LogP contribution in [-0.2, 0) is 6.42 Å². The van der Waals surface area contributed by atoms with Crippen molar-refractivity contribution >= 4 is 33.8 Å². The van der Waals surface area contributed by atoms with Crippen LogP contribution < -0.4 is 5.43 Å². The van der Waals surface area contributed by atoms with Crippen LogP contribution in [-0.4, -0.2) is 15.7 Å². The summed E-state index contributed by atoms with van der Waals surface area (Å²) in [5.41, 5.74) is 9.62. The molecular weight excluding hydrogens is 290 g/mol. The van der Waals surface area contributed by atoms with Gasteiger partial charge in [0.25, 0.3) is 0 Å². The number of aryl methyl sites for hydroxylation is 1. The molecule has 3 nitrogen and oxygen atoms in total. The van der Waals surface area contributed by atoms with Crippen molar-refractivity contribution in [3.8, 4) is 0 Å². The molecule has 1 aromatic heterocycles. The van der Waals surface area contributed by atoms with Crippen molar-refractivity contribution in [1.82, 2.24) is 10.4 Å². The number of benzene rings is 2. The fourth-order valence-electron chi connectivity index (χ4n) is 2.88. The zero-order chi connectivity index (χ0) is 15.1. The fraction of sp³-hybridized carbons (Fsp3) is 0.111. The van der Waals surface area contributed by atoms with E-state index in [-0.39, 0.29) is 0 Å². The molecular formula is C18H15N3S. The molecule has 4 heteroatoms. The van der Waals surface area contributed by atoms with Gasteiger partial charge in [-0.15, -0.1) is 0 Å². The lowest BCUT2D eigenvalue weighted by molar-refractivity contribution is 1.03. The van der Waals surface area contributed by atoms with E-state index < -0.39 is 0 Å². The average molecular weight is 305 g/mol. The Balaban J connectivity index is 1.97. The van der Waals surface area contributed by atoms with Gasteiger partial charge in [-0.2, -0.15) is 5.10 Å². The summed E-state index contributed by atoms with van der Waals surface area (Å²) >= 11 is 5.39. The molecule has 4 rings (SSSR count). The summed E-state index contributed by atoms with van der Waals surface area (Å²) in [5.74, 6) is 0. The number of hydrazone groups is 1. The Morgan fingerprint density at radius 2 is 1.82 bits per heavy atom. The van der Waals surface area contributed by atoms with Gasteiger partial charge >= 0.3 is 0 Å². The number of fused-ring (bicyclic) bond motifs is 3. The number of hydrogen-bond acceptors (Lipinski definition) is 2. The van der Waals surface area contributed by atoms with Crippen LogP contribution >= 0.6 is 12.2 Å². The minimum absolute atomic E-state index is 0.702. The summed E-state index contributed by atoms with van der Waals surface area (Å²) in [4.78, 5) is 4.25. The van der Waals surface area contributed by atoms with Gasteiger partial charge < -0.3 is 4.98 Å². The molecule has 0 saturated carbocycles.